The van der Waals surface area contributed by atoms with E-state index in [2.05, 4.69) is 5.32 Å². The van der Waals surface area contributed by atoms with Crippen LogP contribution in [0.15, 0.2) is 0 Å². The fourth-order valence-corrected chi connectivity index (χ4v) is 4.80. The van der Waals surface area contributed by atoms with Crippen LogP contribution < -0.4 is 5.32 Å². The molecule has 0 heterocycles. The van der Waals surface area contributed by atoms with Crippen LogP contribution >= 0.6 is 12.2 Å². The molecule has 4 saturated carbocycles. The van der Waals surface area contributed by atoms with E-state index >= 15 is 0 Å². The average Bonchev–Trinajstić information content (AvgIpc) is 2.34. The first kappa shape index (κ1) is 11.9. The first-order valence-corrected chi connectivity index (χ1v) is 7.21. The lowest BCUT2D eigenvalue weighted by molar-refractivity contribution is -0.00686. The summed E-state index contributed by atoms with van der Waals surface area (Å²) < 4.78 is 0. The Morgan fingerprint density at radius 1 is 1.00 bits per heavy atom. The molecule has 4 aliphatic rings. The molecular formula is C14H17N3S. The minimum absolute atomic E-state index is 0.425. The van der Waals surface area contributed by atoms with Crippen molar-refractivity contribution in [3.8, 4) is 12.1 Å². The fourth-order valence-electron chi connectivity index (χ4n) is 4.55. The summed E-state index contributed by atoms with van der Waals surface area (Å²) in [7, 11) is 0. The van der Waals surface area contributed by atoms with E-state index in [1.807, 2.05) is 12.1 Å². The van der Waals surface area contributed by atoms with E-state index in [1.165, 1.54) is 32.1 Å². The van der Waals surface area contributed by atoms with Crippen LogP contribution in [0.3, 0.4) is 0 Å². The van der Waals surface area contributed by atoms with Crippen LogP contribution in [0, 0.1) is 52.3 Å². The molecule has 18 heavy (non-hydrogen) atoms. The van der Waals surface area contributed by atoms with Crippen molar-refractivity contribution in [2.45, 2.75) is 38.1 Å². The van der Waals surface area contributed by atoms with Gasteiger partial charge in [0.2, 0.25) is 0 Å². The van der Waals surface area contributed by atoms with Crippen LogP contribution in [0.2, 0.25) is 0 Å². The lowest BCUT2D eigenvalue weighted by atomic mass is 9.54. The molecule has 0 unspecified atom stereocenters. The summed E-state index contributed by atoms with van der Waals surface area (Å²) in [5.74, 6) is 2.52. The molecule has 4 bridgehead atoms. The third-order valence-corrected chi connectivity index (χ3v) is 5.41. The smallest absolute Gasteiger partial charge is 0.182 e. The number of nitrogens with one attached hydrogen (secondary N) is 1. The summed E-state index contributed by atoms with van der Waals surface area (Å²) in [6, 6.07) is 4.34. The molecule has 0 aromatic carbocycles. The average molecular weight is 259 g/mol. The molecule has 3 nitrogen and oxygen atoms in total. The molecule has 0 aromatic heterocycles. The summed E-state index contributed by atoms with van der Waals surface area (Å²) in [6.45, 7) is 0. The van der Waals surface area contributed by atoms with Gasteiger partial charge in [-0.05, 0) is 55.8 Å². The minimum atomic E-state index is -0.780. The molecule has 4 rings (SSSR count). The minimum Gasteiger partial charge on any atom is -0.374 e. The fraction of sp³-hybridized carbons (Fsp3) is 0.786. The molecule has 0 radical (unpaired) electrons. The van der Waals surface area contributed by atoms with Crippen molar-refractivity contribution in [3.05, 3.63) is 0 Å². The standard InChI is InChI=1S/C14H17N3S/c15-6-12(7-16)14(18)17-13-10-2-8-1-9(4-10)5-11(13)3-8/h8-13H,1-5H2,(H,17,18). The van der Waals surface area contributed by atoms with Crippen molar-refractivity contribution in [1.29, 1.82) is 10.5 Å². The van der Waals surface area contributed by atoms with Crippen molar-refractivity contribution in [1.82, 2.24) is 5.32 Å². The second-order valence-corrected chi connectivity index (χ2v) is 6.60. The number of nitriles is 2. The van der Waals surface area contributed by atoms with E-state index in [4.69, 9.17) is 22.7 Å². The molecule has 4 heteroatoms. The highest BCUT2D eigenvalue weighted by Gasteiger charge is 2.48. The van der Waals surface area contributed by atoms with Crippen LogP contribution in [0.4, 0.5) is 0 Å². The number of thiocarbonyl (C=S) groups is 1. The van der Waals surface area contributed by atoms with Gasteiger partial charge in [0.1, 0.15) is 4.99 Å². The Morgan fingerprint density at radius 3 is 1.94 bits per heavy atom. The predicted molar refractivity (Wildman–Crippen MR) is 71.3 cm³/mol. The third-order valence-electron chi connectivity index (χ3n) is 5.06. The zero-order valence-corrected chi connectivity index (χ0v) is 11.1. The zero-order valence-electron chi connectivity index (χ0n) is 10.3. The van der Waals surface area contributed by atoms with Crippen molar-refractivity contribution < 1.29 is 0 Å². The van der Waals surface area contributed by atoms with E-state index < -0.39 is 5.92 Å². The topological polar surface area (TPSA) is 59.6 Å². The number of hydrogen-bond donors (Lipinski definition) is 1. The maximum Gasteiger partial charge on any atom is 0.182 e. The van der Waals surface area contributed by atoms with Crippen LogP contribution in [0.25, 0.3) is 0 Å². The van der Waals surface area contributed by atoms with Gasteiger partial charge >= 0.3 is 0 Å². The second-order valence-electron chi connectivity index (χ2n) is 6.16. The van der Waals surface area contributed by atoms with Crippen molar-refractivity contribution in [2.24, 2.45) is 29.6 Å². The van der Waals surface area contributed by atoms with Crippen molar-refractivity contribution in [3.63, 3.8) is 0 Å². The maximum absolute atomic E-state index is 8.88. The van der Waals surface area contributed by atoms with Gasteiger partial charge < -0.3 is 5.32 Å². The number of nitrogens with zero attached hydrogens (tertiary/aromatic N) is 2. The molecule has 1 N–H and O–H groups in total. The van der Waals surface area contributed by atoms with Crippen LogP contribution in [-0.2, 0) is 0 Å². The van der Waals surface area contributed by atoms with Gasteiger partial charge in [-0.2, -0.15) is 10.5 Å². The summed E-state index contributed by atoms with van der Waals surface area (Å²) in [5.41, 5.74) is 0. The van der Waals surface area contributed by atoms with Gasteiger partial charge in [0, 0.05) is 6.04 Å². The molecular weight excluding hydrogens is 242 g/mol. The van der Waals surface area contributed by atoms with E-state index in [0.29, 0.717) is 11.0 Å². The van der Waals surface area contributed by atoms with E-state index in [1.54, 1.807) is 0 Å². The monoisotopic (exact) mass is 259 g/mol. The first-order chi connectivity index (χ1) is 8.71. The molecule has 0 aliphatic heterocycles. The lowest BCUT2D eigenvalue weighted by Crippen LogP contribution is -2.56. The first-order valence-electron chi connectivity index (χ1n) is 6.81. The van der Waals surface area contributed by atoms with E-state index in [-0.39, 0.29) is 0 Å². The Labute approximate surface area is 113 Å². The van der Waals surface area contributed by atoms with Crippen molar-refractivity contribution in [2.75, 3.05) is 0 Å². The molecule has 4 fully saturated rings. The van der Waals surface area contributed by atoms with Crippen molar-refractivity contribution >= 4 is 17.2 Å². The molecule has 4 aliphatic carbocycles. The summed E-state index contributed by atoms with van der Waals surface area (Å²) in [6.07, 6.45) is 6.70. The van der Waals surface area contributed by atoms with Gasteiger partial charge in [0.15, 0.2) is 5.92 Å². The quantitative estimate of drug-likeness (QED) is 0.774. The molecule has 0 aromatic rings. The predicted octanol–water partition coefficient (Wildman–Crippen LogP) is 2.39. The van der Waals surface area contributed by atoms with Crippen LogP contribution in [0.1, 0.15) is 32.1 Å². The Morgan fingerprint density at radius 2 is 1.50 bits per heavy atom. The zero-order chi connectivity index (χ0) is 12.7. The third kappa shape index (κ3) is 1.89. The van der Waals surface area contributed by atoms with Crippen LogP contribution in [0.5, 0.6) is 0 Å². The Balaban J connectivity index is 1.69. The van der Waals surface area contributed by atoms with Gasteiger partial charge in [-0.15, -0.1) is 0 Å². The number of hydrogen-bond acceptors (Lipinski definition) is 3. The van der Waals surface area contributed by atoms with Gasteiger partial charge in [-0.25, -0.2) is 0 Å². The maximum atomic E-state index is 8.88. The Kier molecular flexibility index (Phi) is 2.99. The van der Waals surface area contributed by atoms with Gasteiger partial charge in [0.05, 0.1) is 12.1 Å². The lowest BCUT2D eigenvalue weighted by Gasteiger charge is -2.54. The van der Waals surface area contributed by atoms with Crippen LogP contribution in [-0.4, -0.2) is 11.0 Å². The second kappa shape index (κ2) is 4.52. The van der Waals surface area contributed by atoms with Gasteiger partial charge in [0.25, 0.3) is 0 Å². The van der Waals surface area contributed by atoms with Gasteiger partial charge in [-0.3, -0.25) is 0 Å². The molecule has 0 atom stereocenters. The molecule has 0 saturated heterocycles. The van der Waals surface area contributed by atoms with Gasteiger partial charge in [-0.1, -0.05) is 12.2 Å². The SMILES string of the molecule is N#CC(C#N)C(=S)NC1C2CC3CC(C2)CC1C3. The number of rotatable bonds is 2. The Hall–Kier alpha value is -1.13. The summed E-state index contributed by atoms with van der Waals surface area (Å²) >= 11 is 5.22. The highest BCUT2D eigenvalue weighted by Crippen LogP contribution is 2.53. The normalized spacial score (nSPS) is 40.3. The van der Waals surface area contributed by atoms with E-state index in [0.717, 1.165) is 23.7 Å². The Bertz CT molecular complexity index is 403. The summed E-state index contributed by atoms with van der Waals surface area (Å²) in [4.78, 5) is 0.442. The van der Waals surface area contributed by atoms with E-state index in [9.17, 15) is 0 Å². The molecule has 0 spiro atoms. The highest BCUT2D eigenvalue weighted by atomic mass is 32.1. The molecule has 0 amide bonds. The molecule has 94 valence electrons. The largest absolute Gasteiger partial charge is 0.374 e. The summed E-state index contributed by atoms with van der Waals surface area (Å²) in [5, 5.41) is 21.1. The highest BCUT2D eigenvalue weighted by molar-refractivity contribution is 7.80.